The molecule has 0 spiro atoms. The molecule has 2 N–H and O–H groups in total. The monoisotopic (exact) mass is 212 g/mol. The number of methoxy groups -OCH3 is 1. The largest absolute Gasteiger partial charge is 0.380 e. The average molecular weight is 212 g/mol. The van der Waals surface area contributed by atoms with Crippen molar-refractivity contribution >= 4 is 5.91 Å². The van der Waals surface area contributed by atoms with E-state index in [0.29, 0.717) is 11.3 Å². The van der Waals surface area contributed by atoms with Gasteiger partial charge in [0.15, 0.2) is 5.69 Å². The molecular formula is C10H16N2O3. The zero-order valence-corrected chi connectivity index (χ0v) is 9.46. The van der Waals surface area contributed by atoms with Crippen molar-refractivity contribution in [2.75, 3.05) is 7.11 Å². The SMILES string of the molecule is COCc1c(C(N)=O)noc1C(C)(C)C. The van der Waals surface area contributed by atoms with Crippen LogP contribution in [-0.2, 0) is 16.8 Å². The Morgan fingerprint density at radius 2 is 2.13 bits per heavy atom. The maximum absolute atomic E-state index is 11.1. The van der Waals surface area contributed by atoms with E-state index in [4.69, 9.17) is 15.0 Å². The van der Waals surface area contributed by atoms with Crippen molar-refractivity contribution in [1.82, 2.24) is 5.16 Å². The first-order valence-corrected chi connectivity index (χ1v) is 4.65. The molecule has 1 aromatic rings. The molecule has 0 atom stereocenters. The van der Waals surface area contributed by atoms with E-state index in [2.05, 4.69) is 5.16 Å². The van der Waals surface area contributed by atoms with Gasteiger partial charge in [-0.15, -0.1) is 0 Å². The zero-order chi connectivity index (χ0) is 11.6. The van der Waals surface area contributed by atoms with E-state index in [0.717, 1.165) is 0 Å². The molecule has 0 aliphatic rings. The number of hydrogen-bond acceptors (Lipinski definition) is 4. The molecule has 0 aliphatic carbocycles. The van der Waals surface area contributed by atoms with Gasteiger partial charge in [0.1, 0.15) is 5.76 Å². The van der Waals surface area contributed by atoms with Crippen LogP contribution in [0.4, 0.5) is 0 Å². The summed E-state index contributed by atoms with van der Waals surface area (Å²) in [5.74, 6) is 0.0412. The second kappa shape index (κ2) is 4.02. The quantitative estimate of drug-likeness (QED) is 0.817. The number of aromatic nitrogens is 1. The molecule has 1 heterocycles. The Morgan fingerprint density at radius 1 is 1.53 bits per heavy atom. The number of nitrogens with two attached hydrogens (primary N) is 1. The highest BCUT2D eigenvalue weighted by Crippen LogP contribution is 2.28. The smallest absolute Gasteiger partial charge is 0.271 e. The highest BCUT2D eigenvalue weighted by atomic mass is 16.5. The van der Waals surface area contributed by atoms with Crippen LogP contribution < -0.4 is 5.73 Å². The van der Waals surface area contributed by atoms with Crippen LogP contribution in [0.3, 0.4) is 0 Å². The third-order valence-electron chi connectivity index (χ3n) is 1.99. The van der Waals surface area contributed by atoms with Crippen LogP contribution in [0.15, 0.2) is 4.52 Å². The first-order chi connectivity index (χ1) is 6.88. The van der Waals surface area contributed by atoms with Gasteiger partial charge in [0.2, 0.25) is 0 Å². The Balaban J connectivity index is 3.24. The zero-order valence-electron chi connectivity index (χ0n) is 9.46. The van der Waals surface area contributed by atoms with Crippen molar-refractivity contribution in [3.8, 4) is 0 Å². The van der Waals surface area contributed by atoms with E-state index in [-0.39, 0.29) is 17.7 Å². The number of carbonyl (C=O) groups excluding carboxylic acids is 1. The van der Waals surface area contributed by atoms with E-state index in [1.165, 1.54) is 0 Å². The Labute approximate surface area is 88.6 Å². The average Bonchev–Trinajstić information content (AvgIpc) is 2.47. The standard InChI is InChI=1S/C10H16N2O3/c1-10(2,3)8-6(5-14-4)7(9(11)13)12-15-8/h5H2,1-4H3,(H2,11,13). The fourth-order valence-corrected chi connectivity index (χ4v) is 1.37. The highest BCUT2D eigenvalue weighted by Gasteiger charge is 2.28. The van der Waals surface area contributed by atoms with Gasteiger partial charge in [-0.3, -0.25) is 4.79 Å². The number of ether oxygens (including phenoxy) is 1. The lowest BCUT2D eigenvalue weighted by molar-refractivity contribution is 0.0987. The lowest BCUT2D eigenvalue weighted by Gasteiger charge is -2.15. The third-order valence-corrected chi connectivity index (χ3v) is 1.99. The molecule has 84 valence electrons. The van der Waals surface area contributed by atoms with Gasteiger partial charge < -0.3 is 15.0 Å². The normalized spacial score (nSPS) is 11.7. The molecule has 0 aliphatic heterocycles. The third kappa shape index (κ3) is 2.36. The van der Waals surface area contributed by atoms with Crippen molar-refractivity contribution in [3.63, 3.8) is 0 Å². The van der Waals surface area contributed by atoms with Gasteiger partial charge in [0.25, 0.3) is 5.91 Å². The molecule has 1 rings (SSSR count). The van der Waals surface area contributed by atoms with E-state index >= 15 is 0 Å². The Morgan fingerprint density at radius 3 is 2.53 bits per heavy atom. The van der Waals surface area contributed by atoms with Gasteiger partial charge in [-0.25, -0.2) is 0 Å². The van der Waals surface area contributed by atoms with Crippen LogP contribution in [-0.4, -0.2) is 18.2 Å². The fourth-order valence-electron chi connectivity index (χ4n) is 1.37. The maximum atomic E-state index is 11.1. The van der Waals surface area contributed by atoms with E-state index < -0.39 is 5.91 Å². The Bertz CT molecular complexity index is 363. The molecule has 0 radical (unpaired) electrons. The summed E-state index contributed by atoms with van der Waals surface area (Å²) in [5.41, 5.74) is 5.75. The molecule has 0 bridgehead atoms. The second-order valence-electron chi connectivity index (χ2n) is 4.39. The maximum Gasteiger partial charge on any atom is 0.271 e. The topological polar surface area (TPSA) is 78.4 Å². The van der Waals surface area contributed by atoms with Gasteiger partial charge in [-0.05, 0) is 0 Å². The first kappa shape index (κ1) is 11.7. The number of primary amides is 1. The minimum atomic E-state index is -0.596. The molecule has 0 fully saturated rings. The van der Waals surface area contributed by atoms with Crippen molar-refractivity contribution in [1.29, 1.82) is 0 Å². The van der Waals surface area contributed by atoms with Gasteiger partial charge in [-0.1, -0.05) is 25.9 Å². The Hall–Kier alpha value is -1.36. The predicted octanol–water partition coefficient (Wildman–Crippen LogP) is 1.22. The molecule has 5 nitrogen and oxygen atoms in total. The van der Waals surface area contributed by atoms with Gasteiger partial charge in [-0.2, -0.15) is 0 Å². The molecular weight excluding hydrogens is 196 g/mol. The van der Waals surface area contributed by atoms with E-state index in [1.807, 2.05) is 20.8 Å². The first-order valence-electron chi connectivity index (χ1n) is 4.65. The van der Waals surface area contributed by atoms with Crippen molar-refractivity contribution in [2.45, 2.75) is 32.8 Å². The van der Waals surface area contributed by atoms with E-state index in [1.54, 1.807) is 7.11 Å². The van der Waals surface area contributed by atoms with Crippen molar-refractivity contribution in [2.24, 2.45) is 5.73 Å². The summed E-state index contributed by atoms with van der Waals surface area (Å²) in [6.45, 7) is 6.18. The van der Waals surface area contributed by atoms with Crippen molar-refractivity contribution < 1.29 is 14.1 Å². The Kier molecular flexibility index (Phi) is 3.14. The minimum Gasteiger partial charge on any atom is -0.380 e. The second-order valence-corrected chi connectivity index (χ2v) is 4.39. The van der Waals surface area contributed by atoms with Crippen LogP contribution in [0.5, 0.6) is 0 Å². The number of hydrogen-bond donors (Lipinski definition) is 1. The number of carbonyl (C=O) groups is 1. The summed E-state index contributed by atoms with van der Waals surface area (Å²) >= 11 is 0. The summed E-state index contributed by atoms with van der Waals surface area (Å²) in [5, 5.41) is 3.67. The highest BCUT2D eigenvalue weighted by molar-refractivity contribution is 5.92. The lowest BCUT2D eigenvalue weighted by Crippen LogP contribution is -2.17. The summed E-state index contributed by atoms with van der Waals surface area (Å²) in [7, 11) is 1.55. The molecule has 1 amide bonds. The van der Waals surface area contributed by atoms with Crippen LogP contribution in [0.2, 0.25) is 0 Å². The summed E-state index contributed by atoms with van der Waals surface area (Å²) < 4.78 is 10.1. The van der Waals surface area contributed by atoms with Crippen LogP contribution in [0.25, 0.3) is 0 Å². The summed E-state index contributed by atoms with van der Waals surface area (Å²) in [4.78, 5) is 11.1. The minimum absolute atomic E-state index is 0.154. The molecule has 15 heavy (non-hydrogen) atoms. The number of rotatable bonds is 3. The molecule has 5 heteroatoms. The van der Waals surface area contributed by atoms with Crippen LogP contribution in [0.1, 0.15) is 42.6 Å². The molecule has 0 saturated heterocycles. The fraction of sp³-hybridized carbons (Fsp3) is 0.600. The van der Waals surface area contributed by atoms with Crippen LogP contribution in [0, 0.1) is 0 Å². The number of amides is 1. The predicted molar refractivity (Wildman–Crippen MR) is 54.4 cm³/mol. The number of nitrogens with zero attached hydrogens (tertiary/aromatic N) is 1. The van der Waals surface area contributed by atoms with Gasteiger partial charge in [0.05, 0.1) is 12.2 Å². The van der Waals surface area contributed by atoms with Crippen molar-refractivity contribution in [3.05, 3.63) is 17.0 Å². The van der Waals surface area contributed by atoms with Gasteiger partial charge >= 0.3 is 0 Å². The molecule has 0 unspecified atom stereocenters. The molecule has 0 aromatic carbocycles. The molecule has 0 saturated carbocycles. The molecule has 1 aromatic heterocycles. The van der Waals surface area contributed by atoms with Crippen LogP contribution >= 0.6 is 0 Å². The summed E-state index contributed by atoms with van der Waals surface area (Å²) in [6, 6.07) is 0. The lowest BCUT2D eigenvalue weighted by atomic mass is 9.90. The summed E-state index contributed by atoms with van der Waals surface area (Å²) in [6.07, 6.45) is 0. The van der Waals surface area contributed by atoms with E-state index in [9.17, 15) is 4.79 Å². The van der Waals surface area contributed by atoms with Gasteiger partial charge in [0, 0.05) is 12.5 Å².